The highest BCUT2D eigenvalue weighted by molar-refractivity contribution is 7.80. The first-order valence-electron chi connectivity index (χ1n) is 5.70. The van der Waals surface area contributed by atoms with Crippen LogP contribution in [0, 0.1) is 0 Å². The Morgan fingerprint density at radius 2 is 2.28 bits per heavy atom. The van der Waals surface area contributed by atoms with E-state index in [1.54, 1.807) is 18.2 Å². The van der Waals surface area contributed by atoms with E-state index >= 15 is 0 Å². The molecule has 0 aliphatic carbocycles. The molecule has 0 aliphatic rings. The minimum Gasteiger partial charge on any atom is -0.504 e. The molecule has 18 heavy (non-hydrogen) atoms. The molecule has 3 N–H and O–H groups in total. The van der Waals surface area contributed by atoms with Crippen LogP contribution in [0.4, 0.5) is 0 Å². The molecule has 0 unspecified atom stereocenters. The summed E-state index contributed by atoms with van der Waals surface area (Å²) in [5.41, 5.74) is 3.21. The molecule has 0 atom stereocenters. The van der Waals surface area contributed by atoms with Crippen LogP contribution in [-0.2, 0) is 0 Å². The fraction of sp³-hybridized carbons (Fsp3) is 0.333. The van der Waals surface area contributed by atoms with Gasteiger partial charge in [0.2, 0.25) is 0 Å². The van der Waals surface area contributed by atoms with Gasteiger partial charge in [-0.15, -0.1) is 0 Å². The Balaban J connectivity index is 2.69. The van der Waals surface area contributed by atoms with Crippen molar-refractivity contribution in [2.45, 2.75) is 13.8 Å². The van der Waals surface area contributed by atoms with Crippen LogP contribution >= 0.6 is 12.2 Å². The highest BCUT2D eigenvalue weighted by atomic mass is 32.1. The maximum absolute atomic E-state index is 9.90. The Morgan fingerprint density at radius 1 is 1.50 bits per heavy atom. The number of hydrazone groups is 1. The summed E-state index contributed by atoms with van der Waals surface area (Å²) in [4.78, 5) is 0. The van der Waals surface area contributed by atoms with E-state index in [1.807, 2.05) is 13.8 Å². The van der Waals surface area contributed by atoms with Gasteiger partial charge < -0.3 is 15.2 Å². The third-order valence-electron chi connectivity index (χ3n) is 2.04. The number of nitrogens with zero attached hydrogens (tertiary/aromatic N) is 1. The summed E-state index contributed by atoms with van der Waals surface area (Å²) < 4.78 is 5.27. The van der Waals surface area contributed by atoms with Gasteiger partial charge in [-0.3, -0.25) is 5.43 Å². The molecule has 0 saturated carbocycles. The number of hydrogen-bond donors (Lipinski definition) is 3. The second-order valence-corrected chi connectivity index (χ2v) is 3.76. The smallest absolute Gasteiger partial charge is 0.186 e. The molecule has 0 radical (unpaired) electrons. The number of ether oxygens (including phenoxy) is 1. The second kappa shape index (κ2) is 7.50. The van der Waals surface area contributed by atoms with Gasteiger partial charge in [0, 0.05) is 12.1 Å². The van der Waals surface area contributed by atoms with E-state index in [1.165, 1.54) is 6.21 Å². The van der Waals surface area contributed by atoms with E-state index in [-0.39, 0.29) is 5.75 Å². The fourth-order valence-electron chi connectivity index (χ4n) is 1.28. The molecule has 0 heterocycles. The monoisotopic (exact) mass is 267 g/mol. The predicted octanol–water partition coefficient (Wildman–Crippen LogP) is 1.61. The van der Waals surface area contributed by atoms with Gasteiger partial charge in [0.05, 0.1) is 12.8 Å². The summed E-state index contributed by atoms with van der Waals surface area (Å²) in [6.45, 7) is 5.02. The third-order valence-corrected chi connectivity index (χ3v) is 2.27. The van der Waals surface area contributed by atoms with Crippen molar-refractivity contribution in [1.29, 1.82) is 0 Å². The number of hydrogen-bond acceptors (Lipinski definition) is 4. The molecule has 0 bridgehead atoms. The van der Waals surface area contributed by atoms with E-state index in [0.717, 1.165) is 6.54 Å². The van der Waals surface area contributed by atoms with Crippen molar-refractivity contribution in [3.63, 3.8) is 0 Å². The van der Waals surface area contributed by atoms with E-state index in [4.69, 9.17) is 17.0 Å². The molecular weight excluding hydrogens is 250 g/mol. The molecule has 6 heteroatoms. The zero-order valence-corrected chi connectivity index (χ0v) is 11.3. The lowest BCUT2D eigenvalue weighted by molar-refractivity contribution is 0.318. The first-order valence-corrected chi connectivity index (χ1v) is 6.11. The van der Waals surface area contributed by atoms with Crippen molar-refractivity contribution in [3.05, 3.63) is 23.8 Å². The van der Waals surface area contributed by atoms with Gasteiger partial charge in [-0.1, -0.05) is 6.07 Å². The van der Waals surface area contributed by atoms with Crippen molar-refractivity contribution in [2.75, 3.05) is 13.2 Å². The summed E-state index contributed by atoms with van der Waals surface area (Å²) >= 11 is 4.95. The van der Waals surface area contributed by atoms with Gasteiger partial charge in [-0.05, 0) is 38.2 Å². The Labute approximate surface area is 112 Å². The average Bonchev–Trinajstić information content (AvgIpc) is 2.34. The van der Waals surface area contributed by atoms with E-state index in [0.29, 0.717) is 23.0 Å². The summed E-state index contributed by atoms with van der Waals surface area (Å²) in [7, 11) is 0. The SMILES string of the molecule is CCNC(=S)N/N=C/c1cccc(OCC)c1O. The van der Waals surface area contributed by atoms with Crippen molar-refractivity contribution >= 4 is 23.5 Å². The summed E-state index contributed by atoms with van der Waals surface area (Å²) in [5.74, 6) is 0.509. The van der Waals surface area contributed by atoms with Gasteiger partial charge in [0.1, 0.15) is 0 Å². The molecule has 1 rings (SSSR count). The Hall–Kier alpha value is -1.82. The van der Waals surface area contributed by atoms with Crippen LogP contribution in [0.2, 0.25) is 0 Å². The number of phenolic OH excluding ortho intramolecular Hbond substituents is 1. The molecule has 5 nitrogen and oxygen atoms in total. The van der Waals surface area contributed by atoms with Crippen LogP contribution in [0.5, 0.6) is 11.5 Å². The number of para-hydroxylation sites is 1. The molecule has 1 aromatic rings. The zero-order chi connectivity index (χ0) is 13.4. The van der Waals surface area contributed by atoms with Crippen LogP contribution in [0.25, 0.3) is 0 Å². The quantitative estimate of drug-likeness (QED) is 0.430. The molecule has 0 amide bonds. The van der Waals surface area contributed by atoms with E-state index < -0.39 is 0 Å². The molecule has 0 fully saturated rings. The number of benzene rings is 1. The highest BCUT2D eigenvalue weighted by Crippen LogP contribution is 2.28. The van der Waals surface area contributed by atoms with E-state index in [2.05, 4.69) is 15.8 Å². The van der Waals surface area contributed by atoms with Gasteiger partial charge >= 0.3 is 0 Å². The minimum atomic E-state index is 0.0688. The topological polar surface area (TPSA) is 65.9 Å². The number of rotatable bonds is 5. The van der Waals surface area contributed by atoms with Crippen LogP contribution in [0.15, 0.2) is 23.3 Å². The maximum Gasteiger partial charge on any atom is 0.186 e. The van der Waals surface area contributed by atoms with Crippen LogP contribution < -0.4 is 15.5 Å². The molecule has 0 spiro atoms. The lowest BCUT2D eigenvalue weighted by atomic mass is 10.2. The fourth-order valence-corrected chi connectivity index (χ4v) is 1.47. The standard InChI is InChI=1S/C12H17N3O2S/c1-3-13-12(18)15-14-8-9-6-5-7-10(11(9)16)17-4-2/h5-8,16H,3-4H2,1-2H3,(H2,13,15,18)/b14-8+. The molecule has 0 aliphatic heterocycles. The molecule has 98 valence electrons. The van der Waals surface area contributed by atoms with Gasteiger partial charge in [0.15, 0.2) is 16.6 Å². The lowest BCUT2D eigenvalue weighted by Crippen LogP contribution is -2.31. The Morgan fingerprint density at radius 3 is 2.94 bits per heavy atom. The van der Waals surface area contributed by atoms with Crippen LogP contribution in [0.1, 0.15) is 19.4 Å². The van der Waals surface area contributed by atoms with Gasteiger partial charge in [-0.2, -0.15) is 5.10 Å². The summed E-state index contributed by atoms with van der Waals surface area (Å²) in [6, 6.07) is 5.22. The second-order valence-electron chi connectivity index (χ2n) is 3.36. The number of nitrogens with one attached hydrogen (secondary N) is 2. The van der Waals surface area contributed by atoms with Crippen molar-refractivity contribution in [1.82, 2.24) is 10.7 Å². The van der Waals surface area contributed by atoms with Gasteiger partial charge in [0.25, 0.3) is 0 Å². The summed E-state index contributed by atoms with van der Waals surface area (Å²) in [6.07, 6.45) is 1.49. The first kappa shape index (κ1) is 14.2. The maximum atomic E-state index is 9.90. The van der Waals surface area contributed by atoms with Crippen molar-refractivity contribution < 1.29 is 9.84 Å². The number of thiocarbonyl (C=S) groups is 1. The average molecular weight is 267 g/mol. The molecule has 1 aromatic carbocycles. The Bertz CT molecular complexity index is 435. The first-order chi connectivity index (χ1) is 8.69. The van der Waals surface area contributed by atoms with E-state index in [9.17, 15) is 5.11 Å². The molecule has 0 saturated heterocycles. The van der Waals surface area contributed by atoms with Crippen molar-refractivity contribution in [3.8, 4) is 11.5 Å². The summed E-state index contributed by atoms with van der Waals surface area (Å²) in [5, 5.41) is 17.2. The largest absolute Gasteiger partial charge is 0.504 e. The number of aromatic hydroxyl groups is 1. The third kappa shape index (κ3) is 4.21. The zero-order valence-electron chi connectivity index (χ0n) is 10.4. The van der Waals surface area contributed by atoms with Crippen LogP contribution in [-0.4, -0.2) is 29.6 Å². The lowest BCUT2D eigenvalue weighted by Gasteiger charge is -2.07. The van der Waals surface area contributed by atoms with Crippen molar-refractivity contribution in [2.24, 2.45) is 5.10 Å². The molecule has 0 aromatic heterocycles. The number of phenols is 1. The predicted molar refractivity (Wildman–Crippen MR) is 76.3 cm³/mol. The minimum absolute atomic E-state index is 0.0688. The van der Waals surface area contributed by atoms with Gasteiger partial charge in [-0.25, -0.2) is 0 Å². The molecular formula is C12H17N3O2S. The van der Waals surface area contributed by atoms with Crippen LogP contribution in [0.3, 0.4) is 0 Å². The highest BCUT2D eigenvalue weighted by Gasteiger charge is 2.05. The Kier molecular flexibility index (Phi) is 5.93. The normalized spacial score (nSPS) is 10.3.